The van der Waals surface area contributed by atoms with Crippen LogP contribution in [0.15, 0.2) is 65.8 Å². The van der Waals surface area contributed by atoms with E-state index in [-0.39, 0.29) is 23.5 Å². The van der Waals surface area contributed by atoms with Crippen LogP contribution in [0.25, 0.3) is 5.69 Å². The van der Waals surface area contributed by atoms with Gasteiger partial charge in [0, 0.05) is 16.5 Å². The third-order valence-electron chi connectivity index (χ3n) is 5.60. The number of urea groups is 1. The van der Waals surface area contributed by atoms with Crippen LogP contribution in [0.1, 0.15) is 22.5 Å². The van der Waals surface area contributed by atoms with Crippen LogP contribution in [0.2, 0.25) is 10.0 Å². The number of hydrogen-bond donors (Lipinski definition) is 2. The Hall–Kier alpha value is -3.62. The Morgan fingerprint density at radius 3 is 2.29 bits per heavy atom. The van der Waals surface area contributed by atoms with Crippen molar-refractivity contribution in [2.24, 2.45) is 0 Å². The predicted molar refractivity (Wildman–Crippen MR) is 146 cm³/mol. The highest BCUT2D eigenvalue weighted by atomic mass is 35.5. The van der Waals surface area contributed by atoms with Crippen LogP contribution in [0, 0.1) is 0 Å². The fourth-order valence-electron chi connectivity index (χ4n) is 3.68. The van der Waals surface area contributed by atoms with Crippen LogP contribution in [0.4, 0.5) is 36.8 Å². The monoisotopic (exact) mass is 649 g/mol. The number of aromatic nitrogens is 3. The highest BCUT2D eigenvalue weighted by molar-refractivity contribution is 7.98. The van der Waals surface area contributed by atoms with Crippen LogP contribution in [-0.2, 0) is 24.7 Å². The third-order valence-corrected chi connectivity index (χ3v) is 7.16. The minimum Gasteiger partial charge on any atom is -0.497 e. The molecule has 3 aromatic carbocycles. The molecule has 0 radical (unpaired) electrons. The number of halogens is 8. The first-order valence-corrected chi connectivity index (χ1v) is 13.5. The van der Waals surface area contributed by atoms with Crippen molar-refractivity contribution in [3.05, 3.63) is 93.2 Å². The fraction of sp³-hybridized carbons (Fsp3) is 0.192. The zero-order chi connectivity index (χ0) is 30.7. The van der Waals surface area contributed by atoms with E-state index in [1.54, 1.807) is 31.4 Å². The van der Waals surface area contributed by atoms with Crippen LogP contribution < -0.4 is 15.4 Å². The van der Waals surface area contributed by atoms with E-state index in [0.29, 0.717) is 39.5 Å². The Morgan fingerprint density at radius 1 is 0.952 bits per heavy atom. The molecule has 0 spiro atoms. The molecule has 0 saturated heterocycles. The highest BCUT2D eigenvalue weighted by Crippen LogP contribution is 2.37. The topological polar surface area (TPSA) is 81.1 Å². The molecule has 222 valence electrons. The molecule has 0 aliphatic carbocycles. The Balaban J connectivity index is 1.57. The van der Waals surface area contributed by atoms with Crippen molar-refractivity contribution < 1.29 is 35.9 Å². The lowest BCUT2D eigenvalue weighted by Gasteiger charge is -2.15. The number of rotatable bonds is 8. The van der Waals surface area contributed by atoms with Gasteiger partial charge < -0.3 is 15.4 Å². The second-order valence-electron chi connectivity index (χ2n) is 8.57. The molecule has 0 unspecified atom stereocenters. The average molecular weight is 650 g/mol. The summed E-state index contributed by atoms with van der Waals surface area (Å²) in [4.78, 5) is 12.5. The molecule has 0 aliphatic rings. The van der Waals surface area contributed by atoms with E-state index >= 15 is 0 Å². The van der Waals surface area contributed by atoms with Gasteiger partial charge in [0.05, 0.1) is 35.5 Å². The lowest BCUT2D eigenvalue weighted by Crippen LogP contribution is -2.29. The van der Waals surface area contributed by atoms with E-state index in [1.165, 1.54) is 16.3 Å². The number of hydrogen-bond acceptors (Lipinski definition) is 5. The van der Waals surface area contributed by atoms with Crippen molar-refractivity contribution in [2.45, 2.75) is 29.8 Å². The molecule has 4 rings (SSSR count). The van der Waals surface area contributed by atoms with Gasteiger partial charge in [-0.25, -0.2) is 4.79 Å². The molecule has 1 heterocycles. The van der Waals surface area contributed by atoms with Crippen molar-refractivity contribution in [3.8, 4) is 11.4 Å². The normalized spacial score (nSPS) is 11.8. The number of benzene rings is 3. The van der Waals surface area contributed by atoms with Gasteiger partial charge in [0.25, 0.3) is 0 Å². The van der Waals surface area contributed by atoms with E-state index < -0.39 is 35.2 Å². The van der Waals surface area contributed by atoms with Gasteiger partial charge >= 0.3 is 18.4 Å². The lowest BCUT2D eigenvalue weighted by atomic mass is 10.1. The largest absolute Gasteiger partial charge is 0.497 e. The first kappa shape index (κ1) is 31.3. The summed E-state index contributed by atoms with van der Waals surface area (Å²) in [5, 5.41) is 13.7. The quantitative estimate of drug-likeness (QED) is 0.148. The molecule has 0 fully saturated rings. The zero-order valence-electron chi connectivity index (χ0n) is 21.3. The first-order chi connectivity index (χ1) is 19.7. The van der Waals surface area contributed by atoms with Gasteiger partial charge in [-0.2, -0.15) is 26.3 Å². The molecule has 2 amide bonds. The van der Waals surface area contributed by atoms with Gasteiger partial charge in [0.15, 0.2) is 11.0 Å². The number of nitrogens with one attached hydrogen (secondary N) is 2. The van der Waals surface area contributed by atoms with Gasteiger partial charge in [-0.05, 0) is 54.1 Å². The number of alkyl halides is 6. The Bertz CT molecular complexity index is 1560. The number of carbonyl (C=O) groups excluding carboxylic acids is 1. The van der Waals surface area contributed by atoms with Gasteiger partial charge in [-0.3, -0.25) is 4.57 Å². The maximum atomic E-state index is 13.2. The number of anilines is 1. The summed E-state index contributed by atoms with van der Waals surface area (Å²) >= 11 is 13.9. The van der Waals surface area contributed by atoms with Gasteiger partial charge in [-0.15, -0.1) is 10.2 Å². The average Bonchev–Trinajstić information content (AvgIpc) is 3.33. The standard InChI is InChI=1S/C26H19Cl2F6N5O2S/c1-41-19-4-2-3-14(7-19)13-42-24-38-37-22(39(24)21-11-17(27)5-6-20(21)28)12-35-23(40)36-18-9-15(25(29,30)31)8-16(10-18)26(32,33)34/h2-11H,12-13H2,1H3,(H2,35,36,40). The minimum atomic E-state index is -5.07. The Kier molecular flexibility index (Phi) is 9.48. The Labute approximate surface area is 249 Å². The maximum absolute atomic E-state index is 13.2. The molecule has 16 heteroatoms. The summed E-state index contributed by atoms with van der Waals surface area (Å²) in [7, 11) is 1.54. The summed E-state index contributed by atoms with van der Waals surface area (Å²) in [5.41, 5.74) is -2.55. The number of nitrogens with zero attached hydrogens (tertiary/aromatic N) is 3. The van der Waals surface area contributed by atoms with E-state index in [4.69, 9.17) is 27.9 Å². The van der Waals surface area contributed by atoms with Gasteiger partial charge in [-0.1, -0.05) is 47.1 Å². The number of carbonyl (C=O) groups is 1. The van der Waals surface area contributed by atoms with Crippen molar-refractivity contribution in [1.82, 2.24) is 20.1 Å². The highest BCUT2D eigenvalue weighted by Gasteiger charge is 2.37. The molecular weight excluding hydrogens is 631 g/mol. The summed E-state index contributed by atoms with van der Waals surface area (Å²) in [6.45, 7) is -0.327. The summed E-state index contributed by atoms with van der Waals surface area (Å²) < 4.78 is 85.9. The molecule has 7 nitrogen and oxygen atoms in total. The number of thioether (sulfide) groups is 1. The molecule has 4 aromatic rings. The van der Waals surface area contributed by atoms with Crippen molar-refractivity contribution in [1.29, 1.82) is 0 Å². The van der Waals surface area contributed by atoms with Crippen LogP contribution in [0.5, 0.6) is 5.75 Å². The van der Waals surface area contributed by atoms with Crippen molar-refractivity contribution in [2.75, 3.05) is 12.4 Å². The SMILES string of the molecule is COc1cccc(CSc2nnc(CNC(=O)Nc3cc(C(F)(F)F)cc(C(F)(F)F)c3)n2-c2cc(Cl)ccc2Cl)c1. The fourth-order valence-corrected chi connectivity index (χ4v) is 4.95. The Morgan fingerprint density at radius 2 is 1.64 bits per heavy atom. The first-order valence-electron chi connectivity index (χ1n) is 11.7. The van der Waals surface area contributed by atoms with E-state index in [0.717, 1.165) is 5.56 Å². The minimum absolute atomic E-state index is 0.0367. The van der Waals surface area contributed by atoms with E-state index in [1.807, 2.05) is 23.5 Å². The molecule has 42 heavy (non-hydrogen) atoms. The number of amides is 2. The van der Waals surface area contributed by atoms with Crippen molar-refractivity contribution >= 4 is 46.7 Å². The zero-order valence-corrected chi connectivity index (χ0v) is 23.6. The smallest absolute Gasteiger partial charge is 0.416 e. The summed E-state index contributed by atoms with van der Waals surface area (Å²) in [6, 6.07) is 11.7. The van der Waals surface area contributed by atoms with Crippen molar-refractivity contribution in [3.63, 3.8) is 0 Å². The second-order valence-corrected chi connectivity index (χ2v) is 10.4. The van der Waals surface area contributed by atoms with Gasteiger partial charge in [0.2, 0.25) is 0 Å². The molecule has 2 N–H and O–H groups in total. The summed E-state index contributed by atoms with van der Waals surface area (Å²) in [5.74, 6) is 1.26. The van der Waals surface area contributed by atoms with Gasteiger partial charge in [0.1, 0.15) is 5.75 Å². The number of methoxy groups -OCH3 is 1. The second kappa shape index (κ2) is 12.7. The van der Waals surface area contributed by atoms with E-state index in [2.05, 4.69) is 15.5 Å². The molecule has 0 aliphatic heterocycles. The predicted octanol–water partition coefficient (Wildman–Crippen LogP) is 8.23. The van der Waals surface area contributed by atoms with Crippen LogP contribution >= 0.6 is 35.0 Å². The molecule has 0 atom stereocenters. The molecular formula is C26H19Cl2F6N5O2S. The molecule has 0 bridgehead atoms. The number of ether oxygens (including phenoxy) is 1. The molecule has 0 saturated carbocycles. The van der Waals surface area contributed by atoms with E-state index in [9.17, 15) is 31.1 Å². The van der Waals surface area contributed by atoms with Crippen LogP contribution in [0.3, 0.4) is 0 Å². The third kappa shape index (κ3) is 7.81. The lowest BCUT2D eigenvalue weighted by molar-refractivity contribution is -0.143. The van der Waals surface area contributed by atoms with Crippen LogP contribution in [-0.4, -0.2) is 27.9 Å². The molecule has 1 aromatic heterocycles. The maximum Gasteiger partial charge on any atom is 0.416 e. The summed E-state index contributed by atoms with van der Waals surface area (Å²) in [6.07, 6.45) is -10.1.